The fourth-order valence-corrected chi connectivity index (χ4v) is 2.59. The van der Waals surface area contributed by atoms with Gasteiger partial charge in [-0.2, -0.15) is 0 Å². The number of para-hydroxylation sites is 1. The summed E-state index contributed by atoms with van der Waals surface area (Å²) in [4.78, 5) is 12.4. The Balaban J connectivity index is 1.89. The summed E-state index contributed by atoms with van der Waals surface area (Å²) in [6.45, 7) is 1.25. The lowest BCUT2D eigenvalue weighted by molar-refractivity contribution is 0.102. The van der Waals surface area contributed by atoms with E-state index in [2.05, 4.69) is 10.6 Å². The minimum absolute atomic E-state index is 0.278. The third-order valence-corrected chi connectivity index (χ3v) is 3.65. The standard InChI is InChI=1S/C15H12Cl2N2O2/c16-9-4-5-12(11(17)8-9)19-15(20)10-2-1-3-13-14(10)21-7-6-18-13/h1-5,8,18H,6-7H2,(H,19,20). The molecule has 4 nitrogen and oxygen atoms in total. The number of hydrogen-bond acceptors (Lipinski definition) is 3. The van der Waals surface area contributed by atoms with Gasteiger partial charge in [-0.3, -0.25) is 4.79 Å². The summed E-state index contributed by atoms with van der Waals surface area (Å²) in [5.74, 6) is 0.283. The van der Waals surface area contributed by atoms with Crippen LogP contribution in [0.1, 0.15) is 10.4 Å². The van der Waals surface area contributed by atoms with Gasteiger partial charge < -0.3 is 15.4 Å². The first kappa shape index (κ1) is 14.0. The number of amides is 1. The number of carbonyl (C=O) groups excluding carboxylic acids is 1. The number of hydrogen-bond donors (Lipinski definition) is 2. The lowest BCUT2D eigenvalue weighted by atomic mass is 10.1. The molecule has 0 saturated heterocycles. The predicted molar refractivity (Wildman–Crippen MR) is 84.8 cm³/mol. The Morgan fingerprint density at radius 1 is 1.24 bits per heavy atom. The molecule has 0 atom stereocenters. The number of ether oxygens (including phenoxy) is 1. The number of nitrogens with one attached hydrogen (secondary N) is 2. The molecule has 1 aliphatic heterocycles. The molecule has 0 aromatic heterocycles. The maximum absolute atomic E-state index is 12.4. The smallest absolute Gasteiger partial charge is 0.259 e. The Bertz CT molecular complexity index is 704. The molecule has 0 aliphatic carbocycles. The van der Waals surface area contributed by atoms with Gasteiger partial charge in [-0.25, -0.2) is 0 Å². The minimum Gasteiger partial charge on any atom is -0.489 e. The van der Waals surface area contributed by atoms with Crippen LogP contribution in [0.5, 0.6) is 5.75 Å². The summed E-state index contributed by atoms with van der Waals surface area (Å²) in [5.41, 5.74) is 1.79. The zero-order valence-corrected chi connectivity index (χ0v) is 12.5. The molecule has 2 aromatic carbocycles. The highest BCUT2D eigenvalue weighted by Crippen LogP contribution is 2.32. The van der Waals surface area contributed by atoms with Gasteiger partial charge in [0.05, 0.1) is 22.0 Å². The number of fused-ring (bicyclic) bond motifs is 1. The molecule has 0 fully saturated rings. The Morgan fingerprint density at radius 2 is 2.10 bits per heavy atom. The zero-order chi connectivity index (χ0) is 14.8. The van der Waals surface area contributed by atoms with Gasteiger partial charge in [-0.05, 0) is 30.3 Å². The highest BCUT2D eigenvalue weighted by Gasteiger charge is 2.19. The van der Waals surface area contributed by atoms with Crippen molar-refractivity contribution in [3.8, 4) is 5.75 Å². The van der Waals surface area contributed by atoms with Gasteiger partial charge in [-0.1, -0.05) is 29.3 Å². The van der Waals surface area contributed by atoms with E-state index in [1.165, 1.54) is 0 Å². The molecule has 1 heterocycles. The van der Waals surface area contributed by atoms with Gasteiger partial charge in [0.1, 0.15) is 6.61 Å². The van der Waals surface area contributed by atoms with Crippen LogP contribution in [-0.2, 0) is 0 Å². The topological polar surface area (TPSA) is 50.4 Å². The van der Waals surface area contributed by atoms with Crippen LogP contribution in [0, 0.1) is 0 Å². The fraction of sp³-hybridized carbons (Fsp3) is 0.133. The number of rotatable bonds is 2. The zero-order valence-electron chi connectivity index (χ0n) is 11.0. The van der Waals surface area contributed by atoms with Crippen LogP contribution in [0.25, 0.3) is 0 Å². The first-order chi connectivity index (χ1) is 10.1. The van der Waals surface area contributed by atoms with Gasteiger partial charge >= 0.3 is 0 Å². The summed E-state index contributed by atoms with van der Waals surface area (Å²) < 4.78 is 5.59. The van der Waals surface area contributed by atoms with Crippen molar-refractivity contribution >= 4 is 40.5 Å². The van der Waals surface area contributed by atoms with Gasteiger partial charge in [0, 0.05) is 11.6 Å². The highest BCUT2D eigenvalue weighted by atomic mass is 35.5. The van der Waals surface area contributed by atoms with E-state index in [1.54, 1.807) is 30.3 Å². The van der Waals surface area contributed by atoms with Crippen molar-refractivity contribution in [2.45, 2.75) is 0 Å². The van der Waals surface area contributed by atoms with Crippen molar-refractivity contribution in [1.29, 1.82) is 0 Å². The van der Waals surface area contributed by atoms with Gasteiger partial charge in [-0.15, -0.1) is 0 Å². The maximum atomic E-state index is 12.4. The van der Waals surface area contributed by atoms with E-state index >= 15 is 0 Å². The molecule has 3 rings (SSSR count). The fourth-order valence-electron chi connectivity index (χ4n) is 2.13. The summed E-state index contributed by atoms with van der Waals surface area (Å²) in [6, 6.07) is 10.3. The van der Waals surface area contributed by atoms with Crippen LogP contribution in [0.2, 0.25) is 10.0 Å². The van der Waals surface area contributed by atoms with Gasteiger partial charge in [0.2, 0.25) is 0 Å². The van der Waals surface area contributed by atoms with E-state index in [0.717, 1.165) is 12.2 Å². The second-order valence-electron chi connectivity index (χ2n) is 4.54. The average Bonchev–Trinajstić information content (AvgIpc) is 2.49. The van der Waals surface area contributed by atoms with Crippen LogP contribution in [0.3, 0.4) is 0 Å². The van der Waals surface area contributed by atoms with Crippen molar-refractivity contribution in [2.75, 3.05) is 23.8 Å². The number of anilines is 2. The average molecular weight is 323 g/mol. The minimum atomic E-state index is -0.278. The molecule has 21 heavy (non-hydrogen) atoms. The Labute approximate surface area is 132 Å². The first-order valence-corrected chi connectivity index (χ1v) is 7.17. The molecule has 0 unspecified atom stereocenters. The predicted octanol–water partition coefficient (Wildman–Crippen LogP) is 4.05. The largest absolute Gasteiger partial charge is 0.489 e. The van der Waals surface area contributed by atoms with Gasteiger partial charge in [0.15, 0.2) is 5.75 Å². The van der Waals surface area contributed by atoms with E-state index in [4.69, 9.17) is 27.9 Å². The molecular formula is C15H12Cl2N2O2. The van der Waals surface area contributed by atoms with Crippen LogP contribution in [0.15, 0.2) is 36.4 Å². The first-order valence-electron chi connectivity index (χ1n) is 6.41. The van der Waals surface area contributed by atoms with Crippen LogP contribution in [0.4, 0.5) is 11.4 Å². The van der Waals surface area contributed by atoms with E-state index in [-0.39, 0.29) is 5.91 Å². The molecule has 0 radical (unpaired) electrons. The van der Waals surface area contributed by atoms with Crippen molar-refractivity contribution in [1.82, 2.24) is 0 Å². The molecule has 0 saturated carbocycles. The van der Waals surface area contributed by atoms with Crippen molar-refractivity contribution in [3.63, 3.8) is 0 Å². The van der Waals surface area contributed by atoms with E-state index in [1.807, 2.05) is 6.07 Å². The molecule has 0 bridgehead atoms. The van der Waals surface area contributed by atoms with Crippen LogP contribution < -0.4 is 15.4 Å². The summed E-state index contributed by atoms with van der Waals surface area (Å²) in [5, 5.41) is 6.86. The normalized spacial score (nSPS) is 12.9. The summed E-state index contributed by atoms with van der Waals surface area (Å²) >= 11 is 11.9. The van der Waals surface area contributed by atoms with E-state index in [0.29, 0.717) is 33.7 Å². The number of carbonyl (C=O) groups is 1. The Kier molecular flexibility index (Phi) is 3.90. The van der Waals surface area contributed by atoms with Crippen LogP contribution in [-0.4, -0.2) is 19.1 Å². The molecule has 1 amide bonds. The Morgan fingerprint density at radius 3 is 2.90 bits per heavy atom. The highest BCUT2D eigenvalue weighted by molar-refractivity contribution is 6.36. The number of halogens is 2. The second-order valence-corrected chi connectivity index (χ2v) is 5.38. The molecule has 2 aromatic rings. The van der Waals surface area contributed by atoms with E-state index < -0.39 is 0 Å². The monoisotopic (exact) mass is 322 g/mol. The van der Waals surface area contributed by atoms with Crippen molar-refractivity contribution < 1.29 is 9.53 Å². The molecule has 108 valence electrons. The number of benzene rings is 2. The van der Waals surface area contributed by atoms with Crippen LogP contribution >= 0.6 is 23.2 Å². The lowest BCUT2D eigenvalue weighted by Gasteiger charge is -2.21. The van der Waals surface area contributed by atoms with E-state index in [9.17, 15) is 4.79 Å². The lowest BCUT2D eigenvalue weighted by Crippen LogP contribution is -2.21. The maximum Gasteiger partial charge on any atom is 0.259 e. The molecule has 1 aliphatic rings. The van der Waals surface area contributed by atoms with Gasteiger partial charge in [0.25, 0.3) is 5.91 Å². The van der Waals surface area contributed by atoms with Crippen molar-refractivity contribution in [3.05, 3.63) is 52.0 Å². The molecular weight excluding hydrogens is 311 g/mol. The quantitative estimate of drug-likeness (QED) is 0.876. The SMILES string of the molecule is O=C(Nc1ccc(Cl)cc1Cl)c1cccc2c1OCCN2. The second kappa shape index (κ2) is 5.84. The third kappa shape index (κ3) is 2.91. The third-order valence-electron chi connectivity index (χ3n) is 3.10. The summed E-state index contributed by atoms with van der Waals surface area (Å²) in [7, 11) is 0. The molecule has 6 heteroatoms. The Hall–Kier alpha value is -1.91. The van der Waals surface area contributed by atoms with Crippen molar-refractivity contribution in [2.24, 2.45) is 0 Å². The molecule has 0 spiro atoms. The molecule has 2 N–H and O–H groups in total. The summed E-state index contributed by atoms with van der Waals surface area (Å²) in [6.07, 6.45) is 0.